The van der Waals surface area contributed by atoms with E-state index in [0.29, 0.717) is 13.1 Å². The second-order valence-corrected chi connectivity index (χ2v) is 4.11. The van der Waals surface area contributed by atoms with Crippen molar-refractivity contribution in [3.05, 3.63) is 0 Å². The van der Waals surface area contributed by atoms with Crippen LogP contribution in [0.5, 0.6) is 0 Å². The summed E-state index contributed by atoms with van der Waals surface area (Å²) < 4.78 is 25.5. The van der Waals surface area contributed by atoms with Gasteiger partial charge in [-0.1, -0.05) is 0 Å². The molecule has 0 N–H and O–H groups in total. The van der Waals surface area contributed by atoms with Gasteiger partial charge in [0.05, 0.1) is 5.54 Å². The molecule has 0 radical (unpaired) electrons. The first-order valence-corrected chi connectivity index (χ1v) is 4.47. The molecule has 0 unspecified atom stereocenters. The van der Waals surface area contributed by atoms with Gasteiger partial charge in [0.25, 0.3) is 5.92 Å². The highest BCUT2D eigenvalue weighted by atomic mass is 19.3. The van der Waals surface area contributed by atoms with Crippen molar-refractivity contribution >= 4 is 6.29 Å². The van der Waals surface area contributed by atoms with Crippen molar-refractivity contribution in [1.29, 1.82) is 0 Å². The number of rotatable bonds is 2. The van der Waals surface area contributed by atoms with Crippen molar-refractivity contribution in [1.82, 2.24) is 4.90 Å². The monoisotopic (exact) mass is 191 g/mol. The summed E-state index contributed by atoms with van der Waals surface area (Å²) in [6.45, 7) is 4.12. The first-order valence-electron chi connectivity index (χ1n) is 4.47. The molecule has 0 spiro atoms. The molecule has 0 aliphatic carbocycles. The minimum absolute atomic E-state index is 0.135. The maximum absolute atomic E-state index is 12.8. The van der Waals surface area contributed by atoms with Gasteiger partial charge in [0, 0.05) is 25.9 Å². The first-order chi connectivity index (χ1) is 5.87. The van der Waals surface area contributed by atoms with E-state index in [-0.39, 0.29) is 12.8 Å². The molecule has 0 aromatic carbocycles. The molecule has 0 amide bonds. The zero-order valence-corrected chi connectivity index (χ0v) is 8.02. The number of piperidine rings is 1. The fourth-order valence-corrected chi connectivity index (χ4v) is 1.48. The third-order valence-corrected chi connectivity index (χ3v) is 2.60. The summed E-state index contributed by atoms with van der Waals surface area (Å²) in [5.74, 6) is -2.53. The van der Waals surface area contributed by atoms with Crippen LogP contribution in [0.4, 0.5) is 8.78 Å². The third kappa shape index (κ3) is 2.46. The largest absolute Gasteiger partial charge is 0.301 e. The molecule has 4 heteroatoms. The van der Waals surface area contributed by atoms with Gasteiger partial charge < -0.3 is 4.79 Å². The van der Waals surface area contributed by atoms with Gasteiger partial charge in [-0.2, -0.15) is 0 Å². The number of alkyl halides is 2. The minimum atomic E-state index is -2.53. The molecule has 2 nitrogen and oxygen atoms in total. The smallest absolute Gasteiger partial charge is 0.250 e. The van der Waals surface area contributed by atoms with Crippen LogP contribution in [0.3, 0.4) is 0 Å². The van der Waals surface area contributed by atoms with Gasteiger partial charge in [-0.3, -0.25) is 4.90 Å². The predicted octanol–water partition coefficient (Wildman–Crippen LogP) is 1.70. The van der Waals surface area contributed by atoms with E-state index >= 15 is 0 Å². The number of aldehydes is 1. The molecule has 0 aromatic rings. The van der Waals surface area contributed by atoms with Crippen molar-refractivity contribution in [3.63, 3.8) is 0 Å². The molecule has 13 heavy (non-hydrogen) atoms. The summed E-state index contributed by atoms with van der Waals surface area (Å²) in [5.41, 5.74) is -0.601. The fraction of sp³-hybridized carbons (Fsp3) is 0.889. The van der Waals surface area contributed by atoms with Crippen molar-refractivity contribution in [2.45, 2.75) is 38.2 Å². The van der Waals surface area contributed by atoms with Gasteiger partial charge in [-0.05, 0) is 13.8 Å². The van der Waals surface area contributed by atoms with E-state index in [1.165, 1.54) is 0 Å². The first kappa shape index (κ1) is 10.6. The number of carbonyl (C=O) groups is 1. The van der Waals surface area contributed by atoms with Crippen LogP contribution in [0.15, 0.2) is 0 Å². The van der Waals surface area contributed by atoms with Crippen LogP contribution in [0, 0.1) is 0 Å². The van der Waals surface area contributed by atoms with E-state index in [9.17, 15) is 13.6 Å². The average Bonchev–Trinajstić information content (AvgIpc) is 2.04. The van der Waals surface area contributed by atoms with Gasteiger partial charge in [-0.15, -0.1) is 0 Å². The number of likely N-dealkylation sites (tertiary alicyclic amines) is 1. The Kier molecular flexibility index (Phi) is 2.71. The summed E-state index contributed by atoms with van der Waals surface area (Å²) >= 11 is 0. The van der Waals surface area contributed by atoms with Crippen LogP contribution in [-0.4, -0.2) is 35.7 Å². The molecule has 0 bridgehead atoms. The van der Waals surface area contributed by atoms with E-state index < -0.39 is 11.5 Å². The Bertz CT molecular complexity index is 194. The molecule has 0 saturated carbocycles. The second kappa shape index (κ2) is 3.33. The number of nitrogens with zero attached hydrogens (tertiary/aromatic N) is 1. The lowest BCUT2D eigenvalue weighted by Crippen LogP contribution is -2.51. The molecular weight excluding hydrogens is 176 g/mol. The molecule has 0 atom stereocenters. The van der Waals surface area contributed by atoms with Crippen molar-refractivity contribution in [2.75, 3.05) is 13.1 Å². The number of carbonyl (C=O) groups excluding carboxylic acids is 1. The van der Waals surface area contributed by atoms with Gasteiger partial charge in [-0.25, -0.2) is 8.78 Å². The summed E-state index contributed by atoms with van der Waals surface area (Å²) in [4.78, 5) is 12.5. The van der Waals surface area contributed by atoms with E-state index in [1.807, 2.05) is 0 Å². The molecule has 1 rings (SSSR count). The standard InChI is InChI=1S/C9H15F2NO/c1-8(2,7-13)12-5-3-9(10,11)4-6-12/h7H,3-6H2,1-2H3. The highest BCUT2D eigenvalue weighted by Crippen LogP contribution is 2.30. The SMILES string of the molecule is CC(C)(C=O)N1CCC(F)(F)CC1. The number of halogens is 2. The average molecular weight is 191 g/mol. The van der Waals surface area contributed by atoms with Gasteiger partial charge in [0.15, 0.2) is 0 Å². The van der Waals surface area contributed by atoms with E-state index in [4.69, 9.17) is 0 Å². The maximum Gasteiger partial charge on any atom is 0.250 e. The molecule has 1 saturated heterocycles. The lowest BCUT2D eigenvalue weighted by atomic mass is 9.98. The molecule has 1 heterocycles. The lowest BCUT2D eigenvalue weighted by Gasteiger charge is -2.39. The highest BCUT2D eigenvalue weighted by molar-refractivity contribution is 5.62. The van der Waals surface area contributed by atoms with Gasteiger partial charge >= 0.3 is 0 Å². The van der Waals surface area contributed by atoms with Crippen LogP contribution in [0.1, 0.15) is 26.7 Å². The van der Waals surface area contributed by atoms with Gasteiger partial charge in [0.2, 0.25) is 0 Å². The Morgan fingerprint density at radius 1 is 1.31 bits per heavy atom. The van der Waals surface area contributed by atoms with Crippen molar-refractivity contribution < 1.29 is 13.6 Å². The minimum Gasteiger partial charge on any atom is -0.301 e. The maximum atomic E-state index is 12.8. The Hall–Kier alpha value is -0.510. The molecule has 0 aromatic heterocycles. The van der Waals surface area contributed by atoms with Crippen LogP contribution in [-0.2, 0) is 4.79 Å². The second-order valence-electron chi connectivity index (χ2n) is 4.11. The summed E-state index contributed by atoms with van der Waals surface area (Å²) in [6.07, 6.45) is 0.547. The van der Waals surface area contributed by atoms with Gasteiger partial charge in [0.1, 0.15) is 6.29 Å². The van der Waals surface area contributed by atoms with Crippen LogP contribution >= 0.6 is 0 Å². The predicted molar refractivity (Wildman–Crippen MR) is 45.9 cm³/mol. The molecule has 1 aliphatic heterocycles. The molecule has 1 fully saturated rings. The lowest BCUT2D eigenvalue weighted by molar-refractivity contribution is -0.122. The third-order valence-electron chi connectivity index (χ3n) is 2.60. The Morgan fingerprint density at radius 2 is 1.77 bits per heavy atom. The van der Waals surface area contributed by atoms with E-state index in [2.05, 4.69) is 0 Å². The highest BCUT2D eigenvalue weighted by Gasteiger charge is 2.38. The Labute approximate surface area is 76.9 Å². The zero-order valence-electron chi connectivity index (χ0n) is 8.02. The van der Waals surface area contributed by atoms with Crippen LogP contribution < -0.4 is 0 Å². The normalized spacial score (nSPS) is 24.3. The van der Waals surface area contributed by atoms with Crippen molar-refractivity contribution in [2.24, 2.45) is 0 Å². The Morgan fingerprint density at radius 3 is 2.15 bits per heavy atom. The summed E-state index contributed by atoms with van der Waals surface area (Å²) in [7, 11) is 0. The topological polar surface area (TPSA) is 20.3 Å². The number of hydrogen-bond donors (Lipinski definition) is 0. The Balaban J connectivity index is 2.55. The number of hydrogen-bond acceptors (Lipinski definition) is 2. The zero-order chi connectivity index (χ0) is 10.1. The van der Waals surface area contributed by atoms with E-state index in [0.717, 1.165) is 6.29 Å². The quantitative estimate of drug-likeness (QED) is 0.619. The van der Waals surface area contributed by atoms with E-state index in [1.54, 1.807) is 18.7 Å². The fourth-order valence-electron chi connectivity index (χ4n) is 1.48. The molecule has 76 valence electrons. The summed E-state index contributed by atoms with van der Waals surface area (Å²) in [5, 5.41) is 0. The summed E-state index contributed by atoms with van der Waals surface area (Å²) in [6, 6.07) is 0. The molecule has 1 aliphatic rings. The van der Waals surface area contributed by atoms with Crippen LogP contribution in [0.25, 0.3) is 0 Å². The van der Waals surface area contributed by atoms with Crippen molar-refractivity contribution in [3.8, 4) is 0 Å². The molecular formula is C9H15F2NO. The van der Waals surface area contributed by atoms with Crippen LogP contribution in [0.2, 0.25) is 0 Å².